The quantitative estimate of drug-likeness (QED) is 0.104. The molecule has 0 saturated heterocycles. The van der Waals surface area contributed by atoms with Gasteiger partial charge in [-0.3, -0.25) is 4.57 Å². The molecule has 1 unspecified atom stereocenters. The molecule has 168 valence electrons. The predicted octanol–water partition coefficient (Wildman–Crippen LogP) is 6.56. The molecule has 8 heteroatoms. The molecule has 0 aromatic heterocycles. The van der Waals surface area contributed by atoms with Crippen LogP contribution in [0.5, 0.6) is 0 Å². The van der Waals surface area contributed by atoms with Gasteiger partial charge < -0.3 is 14.2 Å². The Bertz CT molecular complexity index is 724. The molecular weight excluding hydrogens is 401 g/mol. The summed E-state index contributed by atoms with van der Waals surface area (Å²) in [5.41, 5.74) is 10.1. The highest BCUT2D eigenvalue weighted by Crippen LogP contribution is 2.48. The number of benzene rings is 1. The largest absolute Gasteiger partial charge is 0.395 e. The van der Waals surface area contributed by atoms with Crippen LogP contribution in [0.15, 0.2) is 41.3 Å². The molecule has 0 bridgehead atoms. The Morgan fingerprint density at radius 2 is 1.63 bits per heavy atom. The minimum absolute atomic E-state index is 0.369. The van der Waals surface area contributed by atoms with E-state index in [9.17, 15) is 9.67 Å². The maximum atomic E-state index is 12.2. The van der Waals surface area contributed by atoms with Gasteiger partial charge in [-0.15, -0.1) is 0 Å². The highest BCUT2D eigenvalue weighted by Gasteiger charge is 2.27. The van der Waals surface area contributed by atoms with E-state index in [4.69, 9.17) is 14.6 Å². The van der Waals surface area contributed by atoms with E-state index < -0.39 is 19.7 Å². The third kappa shape index (κ3) is 9.46. The SMILES string of the molecule is CCCCCCCCc1ccc(CCC(C=CP(=O)(OC)OC)(CO)N=[N+]=[N-])cc1. The lowest BCUT2D eigenvalue weighted by atomic mass is 9.92. The second-order valence-corrected chi connectivity index (χ2v) is 9.61. The molecule has 0 aliphatic carbocycles. The third-order valence-corrected chi connectivity index (χ3v) is 6.81. The first-order valence-corrected chi connectivity index (χ1v) is 12.2. The van der Waals surface area contributed by atoms with Crippen LogP contribution in [-0.2, 0) is 26.5 Å². The first-order valence-electron chi connectivity index (χ1n) is 10.6. The summed E-state index contributed by atoms with van der Waals surface area (Å²) < 4.78 is 22.0. The number of nitrogens with zero attached hydrogens (tertiary/aromatic N) is 3. The molecule has 0 amide bonds. The van der Waals surface area contributed by atoms with E-state index in [1.54, 1.807) is 0 Å². The zero-order chi connectivity index (χ0) is 22.3. The normalized spacial score (nSPS) is 13.9. The lowest BCUT2D eigenvalue weighted by Crippen LogP contribution is -2.28. The van der Waals surface area contributed by atoms with Crippen molar-refractivity contribution >= 4 is 7.60 Å². The number of aliphatic hydroxyl groups is 1. The average Bonchev–Trinajstić information content (AvgIpc) is 2.78. The summed E-state index contributed by atoms with van der Waals surface area (Å²) in [6.07, 6.45) is 11.2. The molecular formula is C22H36N3O4P. The Labute approximate surface area is 180 Å². The lowest BCUT2D eigenvalue weighted by Gasteiger charge is -2.23. The number of rotatable bonds is 16. The minimum atomic E-state index is -3.41. The van der Waals surface area contributed by atoms with Crippen molar-refractivity contribution in [2.45, 2.75) is 70.3 Å². The number of azide groups is 1. The van der Waals surface area contributed by atoms with Crippen LogP contribution in [0.4, 0.5) is 0 Å². The van der Waals surface area contributed by atoms with E-state index in [2.05, 4.69) is 41.2 Å². The van der Waals surface area contributed by atoms with Crippen LogP contribution in [0, 0.1) is 0 Å². The van der Waals surface area contributed by atoms with Gasteiger partial charge in [0, 0.05) is 24.9 Å². The van der Waals surface area contributed by atoms with Crippen molar-refractivity contribution in [3.05, 3.63) is 57.7 Å². The summed E-state index contributed by atoms with van der Waals surface area (Å²) in [6.45, 7) is 1.82. The number of unbranched alkanes of at least 4 members (excludes halogenated alkanes) is 5. The van der Waals surface area contributed by atoms with Gasteiger partial charge in [-0.25, -0.2) is 0 Å². The van der Waals surface area contributed by atoms with Gasteiger partial charge in [0.05, 0.1) is 12.1 Å². The number of hydrogen-bond acceptors (Lipinski definition) is 5. The van der Waals surface area contributed by atoms with Gasteiger partial charge in [-0.1, -0.05) is 74.5 Å². The second kappa shape index (κ2) is 14.4. The summed E-state index contributed by atoms with van der Waals surface area (Å²) in [5.74, 6) is 1.24. The van der Waals surface area contributed by atoms with Gasteiger partial charge in [0.25, 0.3) is 0 Å². The fourth-order valence-electron chi connectivity index (χ4n) is 3.19. The summed E-state index contributed by atoms with van der Waals surface area (Å²) in [5, 5.41) is 13.6. The summed E-state index contributed by atoms with van der Waals surface area (Å²) in [4.78, 5) is 2.86. The zero-order valence-electron chi connectivity index (χ0n) is 18.5. The molecule has 0 heterocycles. The van der Waals surface area contributed by atoms with E-state index in [1.165, 1.54) is 70.2 Å². The second-order valence-electron chi connectivity index (χ2n) is 7.51. The Hall–Kier alpha value is -1.62. The van der Waals surface area contributed by atoms with Crippen molar-refractivity contribution < 1.29 is 18.7 Å². The van der Waals surface area contributed by atoms with E-state index in [-0.39, 0.29) is 0 Å². The molecule has 7 nitrogen and oxygen atoms in total. The van der Waals surface area contributed by atoms with E-state index in [0.717, 1.165) is 12.0 Å². The van der Waals surface area contributed by atoms with Crippen LogP contribution in [0.2, 0.25) is 0 Å². The third-order valence-electron chi connectivity index (χ3n) is 5.28. The van der Waals surface area contributed by atoms with Gasteiger partial charge in [-0.2, -0.15) is 0 Å². The Morgan fingerprint density at radius 3 is 2.17 bits per heavy atom. The van der Waals surface area contributed by atoms with Crippen molar-refractivity contribution in [3.8, 4) is 0 Å². The fourth-order valence-corrected chi connectivity index (χ4v) is 4.04. The van der Waals surface area contributed by atoms with E-state index in [0.29, 0.717) is 12.8 Å². The Balaban J connectivity index is 2.68. The Kier molecular flexibility index (Phi) is 12.7. The smallest absolute Gasteiger partial charge is 0.353 e. The molecule has 0 radical (unpaired) electrons. The number of aliphatic hydroxyl groups excluding tert-OH is 1. The van der Waals surface area contributed by atoms with Crippen molar-refractivity contribution in [3.63, 3.8) is 0 Å². The molecule has 0 fully saturated rings. The lowest BCUT2D eigenvalue weighted by molar-refractivity contribution is 0.219. The van der Waals surface area contributed by atoms with E-state index in [1.807, 2.05) is 0 Å². The van der Waals surface area contributed by atoms with Crippen LogP contribution < -0.4 is 0 Å². The molecule has 0 saturated carbocycles. The zero-order valence-corrected chi connectivity index (χ0v) is 19.4. The predicted molar refractivity (Wildman–Crippen MR) is 122 cm³/mol. The molecule has 1 rings (SSSR count). The summed E-state index contributed by atoms with van der Waals surface area (Å²) in [7, 11) is -0.865. The fraction of sp³-hybridized carbons (Fsp3) is 0.636. The van der Waals surface area contributed by atoms with Crippen molar-refractivity contribution in [2.24, 2.45) is 5.11 Å². The highest BCUT2D eigenvalue weighted by molar-refractivity contribution is 7.57. The molecule has 0 aliphatic heterocycles. The highest BCUT2D eigenvalue weighted by atomic mass is 31.2. The molecule has 1 atom stereocenters. The van der Waals surface area contributed by atoms with Crippen LogP contribution >= 0.6 is 7.60 Å². The van der Waals surface area contributed by atoms with Crippen LogP contribution in [-0.4, -0.2) is 31.5 Å². The topological polar surface area (TPSA) is 105 Å². The first kappa shape index (κ1) is 26.4. The molecule has 0 spiro atoms. The first-order chi connectivity index (χ1) is 14.5. The summed E-state index contributed by atoms with van der Waals surface area (Å²) >= 11 is 0. The van der Waals surface area contributed by atoms with Gasteiger partial charge in [0.15, 0.2) is 0 Å². The maximum absolute atomic E-state index is 12.2. The van der Waals surface area contributed by atoms with Crippen LogP contribution in [0.25, 0.3) is 10.4 Å². The van der Waals surface area contributed by atoms with Crippen molar-refractivity contribution in [2.75, 3.05) is 20.8 Å². The van der Waals surface area contributed by atoms with Gasteiger partial charge in [-0.05, 0) is 42.3 Å². The molecule has 1 aromatic rings. The van der Waals surface area contributed by atoms with Gasteiger partial charge in [0.1, 0.15) is 0 Å². The monoisotopic (exact) mass is 437 g/mol. The van der Waals surface area contributed by atoms with Crippen LogP contribution in [0.3, 0.4) is 0 Å². The van der Waals surface area contributed by atoms with Crippen LogP contribution in [0.1, 0.15) is 63.0 Å². The molecule has 1 aromatic carbocycles. The average molecular weight is 438 g/mol. The summed E-state index contributed by atoms with van der Waals surface area (Å²) in [6, 6.07) is 8.41. The number of aryl methyl sites for hydroxylation is 2. The van der Waals surface area contributed by atoms with Crippen molar-refractivity contribution in [1.29, 1.82) is 0 Å². The van der Waals surface area contributed by atoms with Crippen molar-refractivity contribution in [1.82, 2.24) is 0 Å². The molecule has 1 N–H and O–H groups in total. The maximum Gasteiger partial charge on any atom is 0.353 e. The number of hydrogen-bond donors (Lipinski definition) is 1. The Morgan fingerprint density at radius 1 is 1.07 bits per heavy atom. The van der Waals surface area contributed by atoms with Gasteiger partial charge >= 0.3 is 7.60 Å². The minimum Gasteiger partial charge on any atom is -0.395 e. The molecule has 30 heavy (non-hydrogen) atoms. The van der Waals surface area contributed by atoms with E-state index >= 15 is 0 Å². The van der Waals surface area contributed by atoms with Gasteiger partial charge in [0.2, 0.25) is 0 Å². The molecule has 0 aliphatic rings. The standard InChI is InChI=1S/C22H36N3O4P/c1-4-5-6-7-8-9-10-20-11-13-21(14-12-20)15-16-22(19-26,24-25-23)17-18-30(27,28-2)29-3/h11-14,17-18,26H,4-10,15-16,19H2,1-3H3.